The number of aryl methyl sites for hydroxylation is 1. The van der Waals surface area contributed by atoms with Gasteiger partial charge in [-0.1, -0.05) is 6.07 Å². The van der Waals surface area contributed by atoms with Crippen molar-refractivity contribution in [2.45, 2.75) is 13.8 Å². The van der Waals surface area contributed by atoms with E-state index in [0.717, 1.165) is 37.2 Å². The number of hydrogen-bond donors (Lipinski definition) is 0. The van der Waals surface area contributed by atoms with Crippen molar-refractivity contribution in [3.05, 3.63) is 34.8 Å². The molecule has 0 spiro atoms. The predicted molar refractivity (Wildman–Crippen MR) is 86.2 cm³/mol. The third-order valence-electron chi connectivity index (χ3n) is 3.40. The van der Waals surface area contributed by atoms with Crippen LogP contribution < -0.4 is 4.90 Å². The minimum Gasteiger partial charge on any atom is -0.376 e. The van der Waals surface area contributed by atoms with Gasteiger partial charge in [0, 0.05) is 42.2 Å². The molecule has 1 aromatic carbocycles. The zero-order chi connectivity index (χ0) is 14.4. The van der Waals surface area contributed by atoms with Gasteiger partial charge in [0.15, 0.2) is 5.78 Å². The summed E-state index contributed by atoms with van der Waals surface area (Å²) in [6, 6.07) is 8.22. The predicted octanol–water partition coefficient (Wildman–Crippen LogP) is 4.03. The molecule has 2 aromatic heterocycles. The Morgan fingerprint density at radius 1 is 1.20 bits per heavy atom. The van der Waals surface area contributed by atoms with Gasteiger partial charge in [-0.2, -0.15) is 0 Å². The monoisotopic (exact) mass is 284 g/mol. The number of thiophene rings is 1. The number of rotatable bonds is 2. The quantitative estimate of drug-likeness (QED) is 0.666. The summed E-state index contributed by atoms with van der Waals surface area (Å²) in [7, 11) is 3.96. The van der Waals surface area contributed by atoms with Crippen LogP contribution in [0.1, 0.15) is 22.3 Å². The Morgan fingerprint density at radius 2 is 1.95 bits per heavy atom. The molecule has 3 nitrogen and oxygen atoms in total. The number of Topliss-reactive ketones (excluding diaryl/α,β-unsaturated/α-hetero) is 1. The molecule has 0 amide bonds. The highest BCUT2D eigenvalue weighted by Crippen LogP contribution is 2.41. The first-order valence-corrected chi connectivity index (χ1v) is 7.32. The summed E-state index contributed by atoms with van der Waals surface area (Å²) < 4.78 is 1.14. The average molecular weight is 284 g/mol. The molecule has 0 saturated heterocycles. The summed E-state index contributed by atoms with van der Waals surface area (Å²) >= 11 is 1.56. The molecule has 4 heteroatoms. The third kappa shape index (κ3) is 1.88. The van der Waals surface area contributed by atoms with Crippen LogP contribution in [0.5, 0.6) is 0 Å². The second kappa shape index (κ2) is 4.56. The van der Waals surface area contributed by atoms with Gasteiger partial charge in [-0.15, -0.1) is 11.3 Å². The summed E-state index contributed by atoms with van der Waals surface area (Å²) in [5.41, 5.74) is 2.99. The maximum Gasteiger partial charge on any atom is 0.171 e. The number of carbonyl (C=O) groups excluding carboxylic acids is 1. The van der Waals surface area contributed by atoms with Crippen molar-refractivity contribution < 1.29 is 4.79 Å². The van der Waals surface area contributed by atoms with E-state index in [0.29, 0.717) is 0 Å². The van der Waals surface area contributed by atoms with Crippen molar-refractivity contribution in [1.29, 1.82) is 0 Å². The topological polar surface area (TPSA) is 33.2 Å². The van der Waals surface area contributed by atoms with Crippen LogP contribution >= 0.6 is 11.3 Å². The molecule has 0 unspecified atom stereocenters. The van der Waals surface area contributed by atoms with Crippen molar-refractivity contribution in [3.8, 4) is 0 Å². The highest BCUT2D eigenvalue weighted by Gasteiger charge is 2.19. The number of hydrogen-bond acceptors (Lipinski definition) is 4. The first-order chi connectivity index (χ1) is 9.49. The van der Waals surface area contributed by atoms with Gasteiger partial charge in [0.1, 0.15) is 0 Å². The molecule has 102 valence electrons. The smallest absolute Gasteiger partial charge is 0.171 e. The van der Waals surface area contributed by atoms with Crippen LogP contribution in [-0.4, -0.2) is 24.9 Å². The number of pyridine rings is 1. The number of anilines is 1. The average Bonchev–Trinajstić information content (AvgIpc) is 2.78. The molecule has 0 atom stereocenters. The van der Waals surface area contributed by atoms with Gasteiger partial charge in [-0.05, 0) is 25.1 Å². The van der Waals surface area contributed by atoms with Crippen molar-refractivity contribution in [2.24, 2.45) is 0 Å². The Hall–Kier alpha value is -1.94. The van der Waals surface area contributed by atoms with E-state index in [1.807, 2.05) is 38.1 Å². The number of nitrogens with zero attached hydrogens (tertiary/aromatic N) is 2. The molecule has 2 heterocycles. The second-order valence-electron chi connectivity index (χ2n) is 5.19. The molecule has 0 aliphatic rings. The third-order valence-corrected chi connectivity index (χ3v) is 4.65. The zero-order valence-corrected chi connectivity index (χ0v) is 12.8. The van der Waals surface area contributed by atoms with Crippen LogP contribution in [0.3, 0.4) is 0 Å². The minimum atomic E-state index is 0.114. The lowest BCUT2D eigenvalue weighted by Crippen LogP contribution is -2.11. The van der Waals surface area contributed by atoms with Crippen LogP contribution in [0.25, 0.3) is 21.0 Å². The van der Waals surface area contributed by atoms with E-state index in [9.17, 15) is 4.79 Å². The Labute approximate surface area is 121 Å². The number of carbonyl (C=O) groups is 1. The lowest BCUT2D eigenvalue weighted by molar-refractivity contribution is 0.102. The molecule has 0 bridgehead atoms. The van der Waals surface area contributed by atoms with E-state index in [1.54, 1.807) is 18.3 Å². The molecule has 0 saturated carbocycles. The Kier molecular flexibility index (Phi) is 2.98. The van der Waals surface area contributed by atoms with Crippen LogP contribution in [0, 0.1) is 6.92 Å². The van der Waals surface area contributed by atoms with Gasteiger partial charge in [-0.25, -0.2) is 0 Å². The van der Waals surface area contributed by atoms with Gasteiger partial charge in [-0.3, -0.25) is 9.78 Å². The molecule has 3 aromatic rings. The normalized spacial score (nSPS) is 11.2. The van der Waals surface area contributed by atoms with Crippen molar-refractivity contribution in [3.63, 3.8) is 0 Å². The van der Waals surface area contributed by atoms with Crippen LogP contribution in [0.2, 0.25) is 0 Å². The first-order valence-electron chi connectivity index (χ1n) is 6.50. The standard InChI is InChI=1S/C16H16N2OS/c1-9-5-6-11-12(17-9)7-8-13-14(11)15(18(3)4)16(20-13)10(2)19/h5-8H,1-4H3. The van der Waals surface area contributed by atoms with Crippen LogP contribution in [-0.2, 0) is 0 Å². The molecule has 20 heavy (non-hydrogen) atoms. The molecular weight excluding hydrogens is 268 g/mol. The van der Waals surface area contributed by atoms with Gasteiger partial charge in [0.05, 0.1) is 16.1 Å². The number of aromatic nitrogens is 1. The van der Waals surface area contributed by atoms with Crippen LogP contribution in [0.15, 0.2) is 24.3 Å². The Bertz CT molecular complexity index is 833. The van der Waals surface area contributed by atoms with E-state index in [1.165, 1.54) is 0 Å². The lowest BCUT2D eigenvalue weighted by atomic mass is 10.1. The van der Waals surface area contributed by atoms with E-state index < -0.39 is 0 Å². The van der Waals surface area contributed by atoms with Gasteiger partial charge in [0.2, 0.25) is 0 Å². The maximum atomic E-state index is 11.9. The van der Waals surface area contributed by atoms with Crippen LogP contribution in [0.4, 0.5) is 5.69 Å². The SMILES string of the molecule is CC(=O)c1sc2ccc3nc(C)ccc3c2c1N(C)C. The Balaban J connectivity index is 2.51. The van der Waals surface area contributed by atoms with E-state index in [2.05, 4.69) is 17.1 Å². The van der Waals surface area contributed by atoms with E-state index in [-0.39, 0.29) is 5.78 Å². The maximum absolute atomic E-state index is 11.9. The lowest BCUT2D eigenvalue weighted by Gasteiger charge is -2.14. The highest BCUT2D eigenvalue weighted by molar-refractivity contribution is 7.21. The van der Waals surface area contributed by atoms with Gasteiger partial charge < -0.3 is 4.90 Å². The molecule has 0 aliphatic carbocycles. The molecule has 0 N–H and O–H groups in total. The fourth-order valence-corrected chi connectivity index (χ4v) is 3.74. The summed E-state index contributed by atoms with van der Waals surface area (Å²) in [5.74, 6) is 0.114. The number of ketones is 1. The molecule has 3 rings (SSSR count). The molecule has 0 aliphatic heterocycles. The first kappa shape index (κ1) is 13.1. The largest absolute Gasteiger partial charge is 0.376 e. The van der Waals surface area contributed by atoms with Gasteiger partial charge in [0.25, 0.3) is 0 Å². The van der Waals surface area contributed by atoms with E-state index >= 15 is 0 Å². The second-order valence-corrected chi connectivity index (χ2v) is 6.24. The van der Waals surface area contributed by atoms with Crippen molar-refractivity contribution in [2.75, 3.05) is 19.0 Å². The zero-order valence-electron chi connectivity index (χ0n) is 12.0. The van der Waals surface area contributed by atoms with Gasteiger partial charge >= 0.3 is 0 Å². The minimum absolute atomic E-state index is 0.114. The summed E-state index contributed by atoms with van der Waals surface area (Å²) in [6.45, 7) is 3.62. The fourth-order valence-electron chi connectivity index (χ4n) is 2.55. The molecular formula is C16H16N2OS. The fraction of sp³-hybridized carbons (Fsp3) is 0.250. The van der Waals surface area contributed by atoms with Crippen molar-refractivity contribution >= 4 is 43.8 Å². The summed E-state index contributed by atoms with van der Waals surface area (Å²) in [5, 5.41) is 2.25. The Morgan fingerprint density at radius 3 is 2.60 bits per heavy atom. The van der Waals surface area contributed by atoms with E-state index in [4.69, 9.17) is 0 Å². The van der Waals surface area contributed by atoms with Crippen molar-refractivity contribution in [1.82, 2.24) is 4.98 Å². The molecule has 0 radical (unpaired) electrons. The number of benzene rings is 1. The number of fused-ring (bicyclic) bond motifs is 3. The molecule has 0 fully saturated rings. The summed E-state index contributed by atoms with van der Waals surface area (Å²) in [6.07, 6.45) is 0. The summed E-state index contributed by atoms with van der Waals surface area (Å²) in [4.78, 5) is 19.3. The highest BCUT2D eigenvalue weighted by atomic mass is 32.1.